The molecule has 1 saturated carbocycles. The summed E-state index contributed by atoms with van der Waals surface area (Å²) in [5.41, 5.74) is 0. The summed E-state index contributed by atoms with van der Waals surface area (Å²) in [6, 6.07) is 2.54. The van der Waals surface area contributed by atoms with Gasteiger partial charge in [0.15, 0.2) is 0 Å². The van der Waals surface area contributed by atoms with Gasteiger partial charge in [-0.1, -0.05) is 26.2 Å². The van der Waals surface area contributed by atoms with E-state index in [0.29, 0.717) is 6.04 Å². The lowest BCUT2D eigenvalue weighted by Gasteiger charge is -2.29. The van der Waals surface area contributed by atoms with E-state index in [-0.39, 0.29) is 0 Å². The van der Waals surface area contributed by atoms with Gasteiger partial charge in [-0.2, -0.15) is 4.98 Å². The molecule has 0 bridgehead atoms. The second kappa shape index (κ2) is 6.03. The van der Waals surface area contributed by atoms with Crippen LogP contribution in [0.25, 0.3) is 0 Å². The number of nitrogens with zero attached hydrogens (tertiary/aromatic N) is 3. The predicted molar refractivity (Wildman–Crippen MR) is 76.0 cm³/mol. The van der Waals surface area contributed by atoms with E-state index in [0.717, 1.165) is 17.7 Å². The molecular weight excluding hydrogens is 224 g/mol. The van der Waals surface area contributed by atoms with E-state index in [2.05, 4.69) is 22.2 Å². The standard InChI is InChI=1S/C14H24N4/c1-4-11-6-5-7-12(10-11)16-13-8-9-15-14(17-13)18(2)3/h8-9,11-12H,4-7,10H2,1-3H3,(H,15,16,17). The minimum absolute atomic E-state index is 0.577. The van der Waals surface area contributed by atoms with Crippen molar-refractivity contribution < 1.29 is 0 Å². The molecule has 1 aromatic heterocycles. The van der Waals surface area contributed by atoms with Crippen LogP contribution >= 0.6 is 0 Å². The SMILES string of the molecule is CCC1CCCC(Nc2ccnc(N(C)C)n2)C1. The Hall–Kier alpha value is -1.32. The van der Waals surface area contributed by atoms with Crippen LogP contribution in [0.1, 0.15) is 39.0 Å². The second-order valence-electron chi connectivity index (χ2n) is 5.42. The van der Waals surface area contributed by atoms with E-state index < -0.39 is 0 Å². The fourth-order valence-corrected chi connectivity index (χ4v) is 2.65. The van der Waals surface area contributed by atoms with Crippen molar-refractivity contribution in [1.29, 1.82) is 0 Å². The van der Waals surface area contributed by atoms with Gasteiger partial charge in [0.1, 0.15) is 5.82 Å². The highest BCUT2D eigenvalue weighted by Crippen LogP contribution is 2.28. The van der Waals surface area contributed by atoms with Crippen molar-refractivity contribution in [1.82, 2.24) is 9.97 Å². The number of hydrogen-bond donors (Lipinski definition) is 1. The third-order valence-corrected chi connectivity index (χ3v) is 3.76. The van der Waals surface area contributed by atoms with Gasteiger partial charge in [-0.25, -0.2) is 4.98 Å². The molecule has 0 aliphatic heterocycles. The summed E-state index contributed by atoms with van der Waals surface area (Å²) < 4.78 is 0. The average molecular weight is 248 g/mol. The highest BCUT2D eigenvalue weighted by molar-refractivity contribution is 5.41. The van der Waals surface area contributed by atoms with Gasteiger partial charge in [-0.3, -0.25) is 0 Å². The van der Waals surface area contributed by atoms with Crippen LogP contribution in [0.2, 0.25) is 0 Å². The first-order valence-electron chi connectivity index (χ1n) is 6.96. The van der Waals surface area contributed by atoms with Crippen LogP contribution in [0.4, 0.5) is 11.8 Å². The van der Waals surface area contributed by atoms with Crippen molar-refractivity contribution in [3.63, 3.8) is 0 Å². The lowest BCUT2D eigenvalue weighted by Crippen LogP contribution is -2.27. The summed E-state index contributed by atoms with van der Waals surface area (Å²) >= 11 is 0. The van der Waals surface area contributed by atoms with Crippen molar-refractivity contribution in [2.75, 3.05) is 24.3 Å². The van der Waals surface area contributed by atoms with E-state index >= 15 is 0 Å². The van der Waals surface area contributed by atoms with Crippen molar-refractivity contribution in [3.05, 3.63) is 12.3 Å². The van der Waals surface area contributed by atoms with E-state index in [1.807, 2.05) is 31.3 Å². The smallest absolute Gasteiger partial charge is 0.226 e. The number of nitrogens with one attached hydrogen (secondary N) is 1. The Morgan fingerprint density at radius 1 is 1.39 bits per heavy atom. The van der Waals surface area contributed by atoms with Crippen molar-refractivity contribution >= 4 is 11.8 Å². The minimum atomic E-state index is 0.577. The Morgan fingerprint density at radius 2 is 2.22 bits per heavy atom. The fraction of sp³-hybridized carbons (Fsp3) is 0.714. The zero-order valence-electron chi connectivity index (χ0n) is 11.7. The molecule has 0 amide bonds. The van der Waals surface area contributed by atoms with Gasteiger partial charge >= 0.3 is 0 Å². The molecule has 0 aromatic carbocycles. The zero-order valence-corrected chi connectivity index (χ0v) is 11.7. The number of aromatic nitrogens is 2. The first kappa shape index (κ1) is 13.1. The molecule has 1 aliphatic carbocycles. The molecule has 1 aliphatic rings. The maximum Gasteiger partial charge on any atom is 0.226 e. The second-order valence-corrected chi connectivity index (χ2v) is 5.42. The fourth-order valence-electron chi connectivity index (χ4n) is 2.65. The molecule has 4 nitrogen and oxygen atoms in total. The molecule has 100 valence electrons. The molecule has 1 N–H and O–H groups in total. The first-order valence-corrected chi connectivity index (χ1v) is 6.96. The molecule has 2 atom stereocenters. The molecule has 18 heavy (non-hydrogen) atoms. The summed E-state index contributed by atoms with van der Waals surface area (Å²) in [7, 11) is 3.93. The Kier molecular flexibility index (Phi) is 4.39. The number of rotatable bonds is 4. The van der Waals surface area contributed by atoms with Crippen LogP contribution in [0.3, 0.4) is 0 Å². The summed E-state index contributed by atoms with van der Waals surface area (Å²) in [5, 5.41) is 3.56. The first-order chi connectivity index (χ1) is 8.69. The molecule has 0 spiro atoms. The molecular formula is C14H24N4. The lowest BCUT2D eigenvalue weighted by atomic mass is 9.84. The third kappa shape index (κ3) is 3.34. The third-order valence-electron chi connectivity index (χ3n) is 3.76. The minimum Gasteiger partial charge on any atom is -0.367 e. The van der Waals surface area contributed by atoms with Crippen LogP contribution in [-0.4, -0.2) is 30.1 Å². The lowest BCUT2D eigenvalue weighted by molar-refractivity contribution is 0.327. The van der Waals surface area contributed by atoms with Gasteiger partial charge in [0.2, 0.25) is 5.95 Å². The van der Waals surface area contributed by atoms with Gasteiger partial charge in [0.25, 0.3) is 0 Å². The molecule has 1 aromatic rings. The summed E-state index contributed by atoms with van der Waals surface area (Å²) in [6.45, 7) is 2.29. The summed E-state index contributed by atoms with van der Waals surface area (Å²) in [6.07, 6.45) is 8.38. The molecule has 2 unspecified atom stereocenters. The van der Waals surface area contributed by atoms with Crippen LogP contribution in [0.15, 0.2) is 12.3 Å². The molecule has 2 rings (SSSR count). The average Bonchev–Trinajstić information content (AvgIpc) is 2.39. The number of hydrogen-bond acceptors (Lipinski definition) is 4. The van der Waals surface area contributed by atoms with Gasteiger partial charge in [-0.05, 0) is 24.8 Å². The Bertz CT molecular complexity index is 378. The summed E-state index contributed by atoms with van der Waals surface area (Å²) in [4.78, 5) is 10.7. The highest BCUT2D eigenvalue weighted by Gasteiger charge is 2.20. The molecule has 1 heterocycles. The predicted octanol–water partition coefficient (Wildman–Crippen LogP) is 2.92. The van der Waals surface area contributed by atoms with Crippen LogP contribution in [0.5, 0.6) is 0 Å². The van der Waals surface area contributed by atoms with Gasteiger partial charge in [-0.15, -0.1) is 0 Å². The Labute approximate surface area is 110 Å². The monoisotopic (exact) mass is 248 g/mol. The normalized spacial score (nSPS) is 23.7. The van der Waals surface area contributed by atoms with E-state index in [1.165, 1.54) is 32.1 Å². The van der Waals surface area contributed by atoms with Gasteiger partial charge < -0.3 is 10.2 Å². The van der Waals surface area contributed by atoms with Crippen molar-refractivity contribution in [2.24, 2.45) is 5.92 Å². The van der Waals surface area contributed by atoms with Crippen molar-refractivity contribution in [2.45, 2.75) is 45.1 Å². The summed E-state index contributed by atoms with van der Waals surface area (Å²) in [5.74, 6) is 2.60. The zero-order chi connectivity index (χ0) is 13.0. The quantitative estimate of drug-likeness (QED) is 0.889. The highest BCUT2D eigenvalue weighted by atomic mass is 15.2. The van der Waals surface area contributed by atoms with Crippen LogP contribution in [-0.2, 0) is 0 Å². The van der Waals surface area contributed by atoms with Gasteiger partial charge in [0, 0.05) is 26.3 Å². The molecule has 0 saturated heterocycles. The Balaban J connectivity index is 1.98. The van der Waals surface area contributed by atoms with Gasteiger partial charge in [0.05, 0.1) is 0 Å². The number of anilines is 2. The van der Waals surface area contributed by atoms with Crippen LogP contribution in [0, 0.1) is 5.92 Å². The van der Waals surface area contributed by atoms with Crippen LogP contribution < -0.4 is 10.2 Å². The maximum atomic E-state index is 4.52. The van der Waals surface area contributed by atoms with E-state index in [9.17, 15) is 0 Å². The molecule has 4 heteroatoms. The van der Waals surface area contributed by atoms with E-state index in [1.54, 1.807) is 0 Å². The van der Waals surface area contributed by atoms with Crippen molar-refractivity contribution in [3.8, 4) is 0 Å². The maximum absolute atomic E-state index is 4.52. The van der Waals surface area contributed by atoms with E-state index in [4.69, 9.17) is 0 Å². The largest absolute Gasteiger partial charge is 0.367 e. The molecule has 1 fully saturated rings. The Morgan fingerprint density at radius 3 is 2.94 bits per heavy atom. The topological polar surface area (TPSA) is 41.1 Å². The molecule has 0 radical (unpaired) electrons.